The van der Waals surface area contributed by atoms with Crippen LogP contribution in [-0.2, 0) is 14.3 Å². The van der Waals surface area contributed by atoms with Crippen molar-refractivity contribution >= 4 is 35.2 Å². The summed E-state index contributed by atoms with van der Waals surface area (Å²) in [6.07, 6.45) is 1.79. The van der Waals surface area contributed by atoms with E-state index >= 15 is 0 Å². The molecule has 0 atom stereocenters. The van der Waals surface area contributed by atoms with Gasteiger partial charge in [0.15, 0.2) is 0 Å². The molecule has 1 aliphatic rings. The molecule has 0 N–H and O–H groups in total. The smallest absolute Gasteiger partial charge is 0.340 e. The molecule has 0 aliphatic carbocycles. The van der Waals surface area contributed by atoms with E-state index in [1.807, 2.05) is 26.0 Å². The van der Waals surface area contributed by atoms with Crippen LogP contribution in [0.5, 0.6) is 0 Å². The van der Waals surface area contributed by atoms with E-state index in [0.29, 0.717) is 22.0 Å². The lowest BCUT2D eigenvalue weighted by Gasteiger charge is -2.18. The van der Waals surface area contributed by atoms with Gasteiger partial charge in [0.2, 0.25) is 0 Å². The Morgan fingerprint density at radius 3 is 2.35 bits per heavy atom. The number of carbonyl (C=O) groups is 2. The normalized spacial score (nSPS) is 14.9. The van der Waals surface area contributed by atoms with E-state index in [9.17, 15) is 9.59 Å². The number of amides is 1. The molecule has 2 heterocycles. The minimum atomic E-state index is -0.511. The van der Waals surface area contributed by atoms with Crippen molar-refractivity contribution in [1.29, 1.82) is 0 Å². The highest BCUT2D eigenvalue weighted by atomic mass is 35.5. The summed E-state index contributed by atoms with van der Waals surface area (Å²) in [7, 11) is 0. The number of esters is 1. The zero-order chi connectivity index (χ0) is 24.6. The molecule has 0 fully saturated rings. The van der Waals surface area contributed by atoms with Crippen LogP contribution in [0.3, 0.4) is 0 Å². The number of allylic oxidation sites excluding steroid dienone is 1. The maximum Gasteiger partial charge on any atom is 0.340 e. The third-order valence-corrected chi connectivity index (χ3v) is 6.25. The van der Waals surface area contributed by atoms with Gasteiger partial charge in [-0.2, -0.15) is 0 Å². The fourth-order valence-electron chi connectivity index (χ4n) is 4.44. The average molecular weight is 475 g/mol. The molecule has 2 aromatic carbocycles. The molecule has 1 amide bonds. The molecule has 0 saturated carbocycles. The quantitative estimate of drug-likeness (QED) is 0.321. The summed E-state index contributed by atoms with van der Waals surface area (Å²) in [5, 5.41) is 0.571. The molecule has 4 rings (SSSR count). The second kappa shape index (κ2) is 9.35. The van der Waals surface area contributed by atoms with Gasteiger partial charge in [-0.1, -0.05) is 23.7 Å². The van der Waals surface area contributed by atoms with Crippen LogP contribution in [0.15, 0.2) is 71.4 Å². The van der Waals surface area contributed by atoms with Crippen molar-refractivity contribution in [1.82, 2.24) is 4.57 Å². The first-order valence-corrected chi connectivity index (χ1v) is 11.6. The largest absolute Gasteiger partial charge is 0.462 e. The van der Waals surface area contributed by atoms with Crippen LogP contribution in [0.4, 0.5) is 5.69 Å². The number of hydrogen-bond acceptors (Lipinski definition) is 3. The Morgan fingerprint density at radius 1 is 1.00 bits per heavy atom. The van der Waals surface area contributed by atoms with Gasteiger partial charge in [-0.15, -0.1) is 0 Å². The van der Waals surface area contributed by atoms with Crippen molar-refractivity contribution in [2.24, 2.45) is 0 Å². The maximum absolute atomic E-state index is 13.6. The van der Waals surface area contributed by atoms with Crippen molar-refractivity contribution in [3.05, 3.63) is 99.0 Å². The van der Waals surface area contributed by atoms with Crippen LogP contribution in [0, 0.1) is 20.8 Å². The Labute approximate surface area is 204 Å². The molecule has 1 aromatic heterocycles. The Kier molecular flexibility index (Phi) is 6.49. The second-order valence-corrected chi connectivity index (χ2v) is 8.79. The van der Waals surface area contributed by atoms with E-state index in [1.165, 1.54) is 4.90 Å². The molecule has 0 spiro atoms. The van der Waals surface area contributed by atoms with Gasteiger partial charge in [0, 0.05) is 33.5 Å². The number of carbonyl (C=O) groups excluding carboxylic acids is 2. The highest BCUT2D eigenvalue weighted by molar-refractivity contribution is 6.30. The summed E-state index contributed by atoms with van der Waals surface area (Å²) in [6.45, 7) is 9.83. The fraction of sp³-hybridized carbons (Fsp3) is 0.214. The number of rotatable bonds is 5. The number of aryl methyl sites for hydroxylation is 2. The zero-order valence-electron chi connectivity index (χ0n) is 20.0. The Morgan fingerprint density at radius 2 is 1.71 bits per heavy atom. The van der Waals surface area contributed by atoms with Gasteiger partial charge in [0.1, 0.15) is 0 Å². The molecule has 0 radical (unpaired) electrons. The average Bonchev–Trinajstić information content (AvgIpc) is 3.20. The van der Waals surface area contributed by atoms with E-state index < -0.39 is 5.97 Å². The van der Waals surface area contributed by atoms with E-state index in [1.54, 1.807) is 44.2 Å². The van der Waals surface area contributed by atoms with Crippen molar-refractivity contribution < 1.29 is 14.3 Å². The predicted molar refractivity (Wildman–Crippen MR) is 136 cm³/mol. The Bertz CT molecular complexity index is 1350. The molecular weight excluding hydrogens is 448 g/mol. The SMILES string of the molecule is CCOC(=O)C1=C(C)N(c2ccc(Cl)cc2)C(=O)/C1=C\c1cc(C)n(-c2cccc(C)c2)c1C. The van der Waals surface area contributed by atoms with E-state index in [-0.39, 0.29) is 18.1 Å². The van der Waals surface area contributed by atoms with Crippen LogP contribution in [-0.4, -0.2) is 23.1 Å². The first-order valence-electron chi connectivity index (χ1n) is 11.2. The lowest BCUT2D eigenvalue weighted by molar-refractivity contribution is -0.138. The number of hydrogen-bond donors (Lipinski definition) is 0. The van der Waals surface area contributed by atoms with Gasteiger partial charge in [-0.05, 0) is 94.3 Å². The summed E-state index contributed by atoms with van der Waals surface area (Å²) in [5.74, 6) is -0.785. The van der Waals surface area contributed by atoms with Crippen LogP contribution >= 0.6 is 11.6 Å². The first-order chi connectivity index (χ1) is 16.2. The molecule has 174 valence electrons. The van der Waals surface area contributed by atoms with Gasteiger partial charge in [0.05, 0.1) is 17.8 Å². The van der Waals surface area contributed by atoms with Crippen molar-refractivity contribution in [2.75, 3.05) is 11.5 Å². The summed E-state index contributed by atoms with van der Waals surface area (Å²) in [6, 6.07) is 17.3. The topological polar surface area (TPSA) is 51.5 Å². The van der Waals surface area contributed by atoms with Gasteiger partial charge in [-0.25, -0.2) is 4.79 Å². The molecular formula is C28H27ClN2O3. The van der Waals surface area contributed by atoms with Crippen LogP contribution in [0.1, 0.15) is 36.4 Å². The van der Waals surface area contributed by atoms with Crippen molar-refractivity contribution in [3.63, 3.8) is 0 Å². The summed E-state index contributed by atoms with van der Waals surface area (Å²) < 4.78 is 7.46. The van der Waals surface area contributed by atoms with E-state index in [0.717, 1.165) is 28.2 Å². The van der Waals surface area contributed by atoms with E-state index in [2.05, 4.69) is 29.7 Å². The molecule has 1 aliphatic heterocycles. The van der Waals surface area contributed by atoms with Gasteiger partial charge in [0.25, 0.3) is 5.91 Å². The first kappa shape index (κ1) is 23.6. The second-order valence-electron chi connectivity index (χ2n) is 8.36. The Hall–Kier alpha value is -3.57. The number of nitrogens with zero attached hydrogens (tertiary/aromatic N) is 2. The predicted octanol–water partition coefficient (Wildman–Crippen LogP) is 6.32. The van der Waals surface area contributed by atoms with Crippen molar-refractivity contribution in [3.8, 4) is 5.69 Å². The van der Waals surface area contributed by atoms with Crippen molar-refractivity contribution in [2.45, 2.75) is 34.6 Å². The van der Waals surface area contributed by atoms with Crippen LogP contribution in [0.2, 0.25) is 5.02 Å². The zero-order valence-corrected chi connectivity index (χ0v) is 20.7. The summed E-state index contributed by atoms with van der Waals surface area (Å²) in [4.78, 5) is 28.1. The summed E-state index contributed by atoms with van der Waals surface area (Å²) in [5.41, 5.74) is 6.87. The molecule has 0 bridgehead atoms. The van der Waals surface area contributed by atoms with Crippen LogP contribution < -0.4 is 4.90 Å². The standard InChI is InChI=1S/C28H27ClN2O3/c1-6-34-28(33)26-20(5)31(23-12-10-22(29)11-13-23)27(32)25(26)16-21-15-18(3)30(19(21)4)24-9-7-8-17(2)14-24/h7-16H,6H2,1-5H3/b25-16-. The molecule has 3 aromatic rings. The van der Waals surface area contributed by atoms with Gasteiger partial charge < -0.3 is 9.30 Å². The molecule has 5 nitrogen and oxygen atoms in total. The fourth-order valence-corrected chi connectivity index (χ4v) is 4.56. The van der Waals surface area contributed by atoms with Gasteiger partial charge >= 0.3 is 5.97 Å². The minimum Gasteiger partial charge on any atom is -0.462 e. The number of benzene rings is 2. The molecule has 0 saturated heterocycles. The Balaban J connectivity index is 1.85. The lowest BCUT2D eigenvalue weighted by atomic mass is 10.0. The number of anilines is 1. The third-order valence-electron chi connectivity index (χ3n) is 5.99. The minimum absolute atomic E-state index is 0.222. The maximum atomic E-state index is 13.6. The van der Waals surface area contributed by atoms with Gasteiger partial charge in [-0.3, -0.25) is 9.69 Å². The van der Waals surface area contributed by atoms with E-state index in [4.69, 9.17) is 16.3 Å². The number of aromatic nitrogens is 1. The number of ether oxygens (including phenoxy) is 1. The number of halogens is 1. The molecule has 34 heavy (non-hydrogen) atoms. The third kappa shape index (κ3) is 4.19. The summed E-state index contributed by atoms with van der Waals surface area (Å²) >= 11 is 6.04. The lowest BCUT2D eigenvalue weighted by Crippen LogP contribution is -2.24. The monoisotopic (exact) mass is 474 g/mol. The highest BCUT2D eigenvalue weighted by Gasteiger charge is 2.38. The molecule has 0 unspecified atom stereocenters. The highest BCUT2D eigenvalue weighted by Crippen LogP contribution is 2.36. The molecule has 6 heteroatoms. The van der Waals surface area contributed by atoms with Crippen LogP contribution in [0.25, 0.3) is 11.8 Å².